The lowest BCUT2D eigenvalue weighted by Crippen LogP contribution is -2.32. The predicted octanol–water partition coefficient (Wildman–Crippen LogP) is 2.87. The molecular weight excluding hydrogens is 451 g/mol. The summed E-state index contributed by atoms with van der Waals surface area (Å²) >= 11 is 0. The minimum absolute atomic E-state index is 0.00414. The molecule has 0 saturated carbocycles. The molecule has 0 radical (unpaired) electrons. The van der Waals surface area contributed by atoms with Crippen molar-refractivity contribution < 1.29 is 31.9 Å². The van der Waals surface area contributed by atoms with Crippen molar-refractivity contribution in [3.05, 3.63) is 59.4 Å². The monoisotopic (exact) mass is 478 g/mol. The van der Waals surface area contributed by atoms with Gasteiger partial charge in [-0.2, -0.15) is 4.31 Å². The van der Waals surface area contributed by atoms with Crippen molar-refractivity contribution in [3.8, 4) is 5.75 Å². The number of methoxy groups -OCH3 is 1. The molecule has 0 aliphatic carbocycles. The summed E-state index contributed by atoms with van der Waals surface area (Å²) in [7, 11) is -2.50. The molecule has 0 atom stereocenters. The fraction of sp³-hybridized carbons (Fsp3) is 0.391. The molecule has 0 unspecified atom stereocenters. The quantitative estimate of drug-likeness (QED) is 0.586. The van der Waals surface area contributed by atoms with Gasteiger partial charge in [0.15, 0.2) is 6.61 Å². The first kappa shape index (κ1) is 24.7. The van der Waals surface area contributed by atoms with Crippen molar-refractivity contribution >= 4 is 21.9 Å². The van der Waals surface area contributed by atoms with E-state index in [1.165, 1.54) is 53.9 Å². The van der Waals surface area contributed by atoms with Gasteiger partial charge in [0.2, 0.25) is 10.0 Å². The summed E-state index contributed by atoms with van der Waals surface area (Å²) in [6, 6.07) is 9.63. The minimum atomic E-state index is -3.86. The summed E-state index contributed by atoms with van der Waals surface area (Å²) in [6.07, 6.45) is 3.49. The van der Waals surface area contributed by atoms with Crippen molar-refractivity contribution in [2.24, 2.45) is 0 Å². The molecule has 0 spiro atoms. The van der Waals surface area contributed by atoms with Gasteiger partial charge in [-0.25, -0.2) is 17.6 Å². The molecule has 0 aromatic heterocycles. The molecule has 2 aromatic rings. The maximum atomic E-state index is 13.2. The van der Waals surface area contributed by atoms with E-state index >= 15 is 0 Å². The van der Waals surface area contributed by atoms with Gasteiger partial charge in [-0.05, 0) is 48.7 Å². The highest BCUT2D eigenvalue weighted by molar-refractivity contribution is 7.89. The number of hydrogen-bond acceptors (Lipinski definition) is 6. The number of benzene rings is 2. The summed E-state index contributed by atoms with van der Waals surface area (Å²) < 4.78 is 51.0. The third-order valence-corrected chi connectivity index (χ3v) is 7.24. The van der Waals surface area contributed by atoms with E-state index in [2.05, 4.69) is 5.32 Å². The number of carbonyl (C=O) groups is 2. The van der Waals surface area contributed by atoms with Crippen LogP contribution in [0.3, 0.4) is 0 Å². The zero-order valence-electron chi connectivity index (χ0n) is 18.4. The fourth-order valence-corrected chi connectivity index (χ4v) is 5.19. The number of esters is 1. The van der Waals surface area contributed by atoms with Crippen LogP contribution in [0.25, 0.3) is 0 Å². The molecule has 10 heteroatoms. The van der Waals surface area contributed by atoms with Crippen LogP contribution >= 0.6 is 0 Å². The topological polar surface area (TPSA) is 102 Å². The van der Waals surface area contributed by atoms with Gasteiger partial charge in [-0.15, -0.1) is 0 Å². The van der Waals surface area contributed by atoms with Crippen molar-refractivity contribution in [3.63, 3.8) is 0 Å². The first-order valence-corrected chi connectivity index (χ1v) is 12.1. The Morgan fingerprint density at radius 3 is 2.33 bits per heavy atom. The van der Waals surface area contributed by atoms with E-state index < -0.39 is 28.5 Å². The van der Waals surface area contributed by atoms with Crippen LogP contribution in [0, 0.1) is 5.82 Å². The highest BCUT2D eigenvalue weighted by Crippen LogP contribution is 2.29. The van der Waals surface area contributed by atoms with Crippen LogP contribution in [0.2, 0.25) is 0 Å². The highest BCUT2D eigenvalue weighted by Gasteiger charge is 2.29. The molecule has 2 aromatic carbocycles. The number of carbonyl (C=O) groups excluding carboxylic acids is 2. The Kier molecular flexibility index (Phi) is 8.40. The maximum Gasteiger partial charge on any atom is 0.338 e. The van der Waals surface area contributed by atoms with Crippen LogP contribution in [0.5, 0.6) is 5.75 Å². The van der Waals surface area contributed by atoms with E-state index in [9.17, 15) is 22.4 Å². The first-order chi connectivity index (χ1) is 15.8. The number of nitrogens with one attached hydrogen (secondary N) is 1. The van der Waals surface area contributed by atoms with Crippen LogP contribution in [-0.2, 0) is 26.1 Å². The van der Waals surface area contributed by atoms with E-state index in [1.54, 1.807) is 0 Å². The fourth-order valence-electron chi connectivity index (χ4n) is 3.49. The molecule has 1 aliphatic rings. The minimum Gasteiger partial charge on any atom is -0.495 e. The van der Waals surface area contributed by atoms with Gasteiger partial charge in [-0.3, -0.25) is 4.79 Å². The Balaban J connectivity index is 1.65. The molecule has 33 heavy (non-hydrogen) atoms. The zero-order chi connectivity index (χ0) is 23.8. The first-order valence-electron chi connectivity index (χ1n) is 10.7. The number of ether oxygens (including phenoxy) is 2. The lowest BCUT2D eigenvalue weighted by atomic mass is 10.2. The zero-order valence-corrected chi connectivity index (χ0v) is 19.2. The largest absolute Gasteiger partial charge is 0.495 e. The van der Waals surface area contributed by atoms with Crippen molar-refractivity contribution in [2.45, 2.75) is 37.1 Å². The van der Waals surface area contributed by atoms with E-state index in [0.717, 1.165) is 25.7 Å². The van der Waals surface area contributed by atoms with Crippen molar-refractivity contribution in [1.29, 1.82) is 0 Å². The van der Waals surface area contributed by atoms with E-state index in [-0.39, 0.29) is 28.6 Å². The number of nitrogens with zero attached hydrogens (tertiary/aromatic N) is 1. The highest BCUT2D eigenvalue weighted by atomic mass is 32.2. The third kappa shape index (κ3) is 6.52. The lowest BCUT2D eigenvalue weighted by Gasteiger charge is -2.21. The van der Waals surface area contributed by atoms with Crippen molar-refractivity contribution in [2.75, 3.05) is 26.8 Å². The Morgan fingerprint density at radius 2 is 1.70 bits per heavy atom. The van der Waals surface area contributed by atoms with Crippen LogP contribution < -0.4 is 10.1 Å². The third-order valence-electron chi connectivity index (χ3n) is 5.32. The average Bonchev–Trinajstić information content (AvgIpc) is 3.12. The van der Waals surface area contributed by atoms with Crippen LogP contribution in [0.1, 0.15) is 41.6 Å². The smallest absolute Gasteiger partial charge is 0.338 e. The molecule has 1 aliphatic heterocycles. The predicted molar refractivity (Wildman–Crippen MR) is 119 cm³/mol. The normalized spacial score (nSPS) is 14.8. The van der Waals surface area contributed by atoms with E-state index in [0.29, 0.717) is 18.7 Å². The molecular formula is C23H27FN2O6S. The second kappa shape index (κ2) is 11.2. The molecule has 1 saturated heterocycles. The van der Waals surface area contributed by atoms with Crippen LogP contribution in [0.15, 0.2) is 47.4 Å². The lowest BCUT2D eigenvalue weighted by molar-refractivity contribution is -0.124. The summed E-state index contributed by atoms with van der Waals surface area (Å²) in [5.41, 5.74) is 0.685. The molecule has 8 nitrogen and oxygen atoms in total. The number of rotatable bonds is 8. The van der Waals surface area contributed by atoms with Crippen molar-refractivity contribution in [1.82, 2.24) is 9.62 Å². The Labute approximate surface area is 192 Å². The summed E-state index contributed by atoms with van der Waals surface area (Å²) in [5, 5.41) is 2.57. The Hall–Kier alpha value is -2.98. The molecule has 1 heterocycles. The molecule has 3 rings (SSSR count). The van der Waals surface area contributed by atoms with Gasteiger partial charge in [0.05, 0.1) is 12.7 Å². The number of halogens is 1. The van der Waals surface area contributed by atoms with Gasteiger partial charge in [0.25, 0.3) is 5.91 Å². The van der Waals surface area contributed by atoms with Crippen LogP contribution in [-0.4, -0.2) is 51.4 Å². The molecule has 1 N–H and O–H groups in total. The Bertz CT molecular complexity index is 1080. The molecule has 1 fully saturated rings. The van der Waals surface area contributed by atoms with E-state index in [4.69, 9.17) is 9.47 Å². The number of amides is 1. The number of sulfonamides is 1. The average molecular weight is 479 g/mol. The number of hydrogen-bond donors (Lipinski definition) is 1. The second-order valence-corrected chi connectivity index (χ2v) is 9.57. The Morgan fingerprint density at radius 1 is 1.03 bits per heavy atom. The molecule has 178 valence electrons. The van der Waals surface area contributed by atoms with Crippen LogP contribution in [0.4, 0.5) is 4.39 Å². The van der Waals surface area contributed by atoms with Gasteiger partial charge < -0.3 is 14.8 Å². The summed E-state index contributed by atoms with van der Waals surface area (Å²) in [4.78, 5) is 24.4. The van der Waals surface area contributed by atoms with Gasteiger partial charge in [-0.1, -0.05) is 25.0 Å². The maximum absolute atomic E-state index is 13.2. The SMILES string of the molecule is COc1ccc(C(=O)OCC(=O)NCc2ccc(F)cc2)cc1S(=O)(=O)N1CCCCCC1. The molecule has 0 bridgehead atoms. The van der Waals surface area contributed by atoms with E-state index in [1.807, 2.05) is 0 Å². The van der Waals surface area contributed by atoms with Gasteiger partial charge in [0.1, 0.15) is 16.5 Å². The standard InChI is InChI=1S/C23H27FN2O6S/c1-31-20-11-8-18(14-21(20)33(29,30)26-12-4-2-3-5-13-26)23(28)32-16-22(27)25-15-17-6-9-19(24)10-7-17/h6-11,14H,2-5,12-13,15-16H2,1H3,(H,25,27). The second-order valence-electron chi connectivity index (χ2n) is 7.66. The molecule has 1 amide bonds. The van der Waals surface area contributed by atoms with Gasteiger partial charge >= 0.3 is 5.97 Å². The summed E-state index contributed by atoms with van der Waals surface area (Å²) in [6.45, 7) is 0.431. The van der Waals surface area contributed by atoms with Gasteiger partial charge in [0, 0.05) is 19.6 Å². The summed E-state index contributed by atoms with van der Waals surface area (Å²) in [5.74, 6) is -1.62.